The molecule has 1 aromatic rings. The van der Waals surface area contributed by atoms with E-state index in [-0.39, 0.29) is 0 Å². The average Bonchev–Trinajstić information content (AvgIpc) is 3.11. The zero-order chi connectivity index (χ0) is 20.2. The van der Waals surface area contributed by atoms with Gasteiger partial charge in [0.15, 0.2) is 8.32 Å². The number of hydrogen-bond acceptors (Lipinski definition) is 3. The van der Waals surface area contributed by atoms with Crippen LogP contribution in [0.1, 0.15) is 45.6 Å². The van der Waals surface area contributed by atoms with Gasteiger partial charge < -0.3 is 13.9 Å². The Morgan fingerprint density at radius 3 is 2.39 bits per heavy atom. The Hall–Kier alpha value is -0.943. The summed E-state index contributed by atoms with van der Waals surface area (Å²) in [4.78, 5) is 0. The minimum Gasteiger partial charge on any atom is -0.413 e. The summed E-state index contributed by atoms with van der Waals surface area (Å²) in [5.41, 5.74) is 1.25. The van der Waals surface area contributed by atoms with Crippen molar-refractivity contribution < 1.29 is 13.9 Å². The zero-order valence-corrected chi connectivity index (χ0v) is 19.4. The molecule has 28 heavy (non-hydrogen) atoms. The molecule has 1 aromatic carbocycles. The van der Waals surface area contributed by atoms with Gasteiger partial charge in [0.05, 0.1) is 19.3 Å². The lowest BCUT2D eigenvalue weighted by atomic mass is 9.95. The van der Waals surface area contributed by atoms with Gasteiger partial charge in [-0.2, -0.15) is 0 Å². The highest BCUT2D eigenvalue weighted by atomic mass is 28.4. The standard InChI is InChI=1S/C24H40O3Si/c1-5-28(6-2,7-3)27-24-17-16-22(23(24)15-11-12-18-25-4)20-26-19-21-13-9-8-10-14-21/h8-11,13-15,22-24H,5-7,12,16-20H2,1-4H3/b15-11+/t22-,23-,24+/m0/s1. The lowest BCUT2D eigenvalue weighted by molar-refractivity contribution is 0.0669. The van der Waals surface area contributed by atoms with E-state index < -0.39 is 8.32 Å². The van der Waals surface area contributed by atoms with Gasteiger partial charge in [0, 0.05) is 19.6 Å². The third kappa shape index (κ3) is 6.84. The van der Waals surface area contributed by atoms with Crippen molar-refractivity contribution >= 4 is 8.32 Å². The predicted octanol–water partition coefficient (Wildman–Crippen LogP) is 6.21. The molecular formula is C24H40O3Si. The van der Waals surface area contributed by atoms with Gasteiger partial charge in [-0.05, 0) is 48.9 Å². The molecule has 0 N–H and O–H groups in total. The van der Waals surface area contributed by atoms with E-state index in [0.29, 0.717) is 24.5 Å². The molecule has 0 unspecified atom stereocenters. The summed E-state index contributed by atoms with van der Waals surface area (Å²) in [6.45, 7) is 9.24. The summed E-state index contributed by atoms with van der Waals surface area (Å²) >= 11 is 0. The summed E-state index contributed by atoms with van der Waals surface area (Å²) in [6.07, 6.45) is 8.36. The molecule has 0 heterocycles. The Morgan fingerprint density at radius 1 is 1.04 bits per heavy atom. The largest absolute Gasteiger partial charge is 0.413 e. The maximum atomic E-state index is 6.91. The number of methoxy groups -OCH3 is 1. The maximum absolute atomic E-state index is 6.91. The van der Waals surface area contributed by atoms with Crippen LogP contribution in [0.25, 0.3) is 0 Å². The summed E-state index contributed by atoms with van der Waals surface area (Å²) in [7, 11) is 0.172. The molecule has 1 aliphatic carbocycles. The summed E-state index contributed by atoms with van der Waals surface area (Å²) < 4.78 is 18.2. The Balaban J connectivity index is 1.99. The van der Waals surface area contributed by atoms with Crippen LogP contribution in [0, 0.1) is 11.8 Å². The first kappa shape index (κ1) is 23.3. The molecule has 3 atom stereocenters. The molecule has 158 valence electrons. The predicted molar refractivity (Wildman–Crippen MR) is 120 cm³/mol. The second-order valence-corrected chi connectivity index (χ2v) is 12.7. The van der Waals surface area contributed by atoms with Crippen molar-refractivity contribution in [3.63, 3.8) is 0 Å². The second kappa shape index (κ2) is 12.6. The van der Waals surface area contributed by atoms with Gasteiger partial charge in [-0.1, -0.05) is 63.3 Å². The molecule has 0 saturated heterocycles. The number of rotatable bonds is 13. The van der Waals surface area contributed by atoms with Crippen LogP contribution in [0.4, 0.5) is 0 Å². The van der Waals surface area contributed by atoms with E-state index in [9.17, 15) is 0 Å². The van der Waals surface area contributed by atoms with Crippen LogP contribution < -0.4 is 0 Å². The second-order valence-electron chi connectivity index (χ2n) is 8.03. The highest BCUT2D eigenvalue weighted by Gasteiger charge is 2.40. The minimum atomic E-state index is -1.59. The van der Waals surface area contributed by atoms with Gasteiger partial charge in [0.1, 0.15) is 0 Å². The summed E-state index contributed by atoms with van der Waals surface area (Å²) in [5, 5.41) is 0. The fourth-order valence-corrected chi connectivity index (χ4v) is 7.26. The lowest BCUT2D eigenvalue weighted by Crippen LogP contribution is -2.41. The van der Waals surface area contributed by atoms with Crippen LogP contribution >= 0.6 is 0 Å². The van der Waals surface area contributed by atoms with Gasteiger partial charge in [-0.25, -0.2) is 0 Å². The Labute approximate surface area is 173 Å². The van der Waals surface area contributed by atoms with Crippen molar-refractivity contribution in [3.05, 3.63) is 48.0 Å². The van der Waals surface area contributed by atoms with Crippen molar-refractivity contribution in [1.29, 1.82) is 0 Å². The summed E-state index contributed by atoms with van der Waals surface area (Å²) in [5.74, 6) is 1.01. The van der Waals surface area contributed by atoms with Crippen LogP contribution in [0.5, 0.6) is 0 Å². The molecule has 0 amide bonds. The highest BCUT2D eigenvalue weighted by molar-refractivity contribution is 6.73. The van der Waals surface area contributed by atoms with E-state index in [1.54, 1.807) is 7.11 Å². The van der Waals surface area contributed by atoms with Gasteiger partial charge in [0.25, 0.3) is 0 Å². The van der Waals surface area contributed by atoms with Gasteiger partial charge in [0.2, 0.25) is 0 Å². The first-order valence-corrected chi connectivity index (χ1v) is 13.7. The zero-order valence-electron chi connectivity index (χ0n) is 18.4. The van der Waals surface area contributed by atoms with Crippen molar-refractivity contribution in [1.82, 2.24) is 0 Å². The third-order valence-corrected chi connectivity index (χ3v) is 11.1. The highest BCUT2D eigenvalue weighted by Crippen LogP contribution is 2.39. The van der Waals surface area contributed by atoms with E-state index in [1.807, 2.05) is 0 Å². The van der Waals surface area contributed by atoms with E-state index >= 15 is 0 Å². The van der Waals surface area contributed by atoms with E-state index in [1.165, 1.54) is 30.1 Å². The SMILES string of the molecule is CC[Si](CC)(CC)O[C@@H]1CC[C@@H](COCc2ccccc2)[C@@H]1/C=C/CCOC. The van der Waals surface area contributed by atoms with E-state index in [0.717, 1.165) is 26.1 Å². The minimum absolute atomic E-state index is 0.357. The van der Waals surface area contributed by atoms with Crippen LogP contribution in [-0.4, -0.2) is 34.7 Å². The molecule has 1 fully saturated rings. The summed E-state index contributed by atoms with van der Waals surface area (Å²) in [6, 6.07) is 14.1. The maximum Gasteiger partial charge on any atom is 0.192 e. The molecule has 1 saturated carbocycles. The van der Waals surface area contributed by atoms with Gasteiger partial charge in [-0.15, -0.1) is 0 Å². The molecule has 3 nitrogen and oxygen atoms in total. The molecule has 0 aliphatic heterocycles. The van der Waals surface area contributed by atoms with Crippen LogP contribution in [-0.2, 0) is 20.5 Å². The van der Waals surface area contributed by atoms with Crippen molar-refractivity contribution in [2.75, 3.05) is 20.3 Å². The van der Waals surface area contributed by atoms with Crippen LogP contribution in [0.3, 0.4) is 0 Å². The van der Waals surface area contributed by atoms with E-state index in [2.05, 4.69) is 63.3 Å². The Morgan fingerprint density at radius 2 is 1.75 bits per heavy atom. The van der Waals surface area contributed by atoms with E-state index in [4.69, 9.17) is 13.9 Å². The molecule has 1 aliphatic rings. The molecule has 0 bridgehead atoms. The number of benzene rings is 1. The molecular weight excluding hydrogens is 364 g/mol. The number of hydrogen-bond donors (Lipinski definition) is 0. The van der Waals surface area contributed by atoms with Gasteiger partial charge in [-0.3, -0.25) is 0 Å². The average molecular weight is 405 g/mol. The Bertz CT molecular complexity index is 548. The van der Waals surface area contributed by atoms with Crippen molar-refractivity contribution in [3.8, 4) is 0 Å². The van der Waals surface area contributed by atoms with Crippen molar-refractivity contribution in [2.45, 2.75) is 70.9 Å². The molecule has 0 spiro atoms. The smallest absolute Gasteiger partial charge is 0.192 e. The lowest BCUT2D eigenvalue weighted by Gasteiger charge is -2.34. The molecule has 2 rings (SSSR count). The number of ether oxygens (including phenoxy) is 2. The fraction of sp³-hybridized carbons (Fsp3) is 0.667. The molecule has 4 heteroatoms. The van der Waals surface area contributed by atoms with Crippen molar-refractivity contribution in [2.24, 2.45) is 11.8 Å². The van der Waals surface area contributed by atoms with Gasteiger partial charge >= 0.3 is 0 Å². The molecule has 0 radical (unpaired) electrons. The monoisotopic (exact) mass is 404 g/mol. The third-order valence-electron chi connectivity index (χ3n) is 6.42. The molecule has 0 aromatic heterocycles. The van der Waals surface area contributed by atoms with Crippen LogP contribution in [0.2, 0.25) is 18.1 Å². The first-order valence-electron chi connectivity index (χ1n) is 11.1. The fourth-order valence-electron chi connectivity index (χ4n) is 4.34. The van der Waals surface area contributed by atoms with Crippen LogP contribution in [0.15, 0.2) is 42.5 Å². The topological polar surface area (TPSA) is 27.7 Å². The first-order chi connectivity index (χ1) is 13.7. The normalized spacial score (nSPS) is 22.9. The quantitative estimate of drug-likeness (QED) is 0.222. The Kier molecular flexibility index (Phi) is 10.5.